The lowest BCUT2D eigenvalue weighted by molar-refractivity contribution is -0.259. The molecule has 94 valence electrons. The van der Waals surface area contributed by atoms with Gasteiger partial charge in [0, 0.05) is 11.1 Å². The number of carboxylic acids is 2. The molecule has 0 unspecified atom stereocenters. The molecule has 8 nitrogen and oxygen atoms in total. The Morgan fingerprint density at radius 1 is 1.00 bits per heavy atom. The molecule has 1 rings (SSSR count). The van der Waals surface area contributed by atoms with Crippen molar-refractivity contribution in [1.82, 2.24) is 6.15 Å². The predicted octanol–water partition coefficient (Wildman–Crippen LogP) is -2.31. The van der Waals surface area contributed by atoms with Crippen LogP contribution < -0.4 is 16.4 Å². The number of aromatic carboxylic acids is 2. The maximum Gasteiger partial charge on any atom is 0.124 e. The van der Waals surface area contributed by atoms with Gasteiger partial charge in [-0.05, 0) is 12.1 Å². The number of benzene rings is 1. The highest BCUT2D eigenvalue weighted by atomic mass is 32.2. The first-order valence-corrected chi connectivity index (χ1v) is 5.17. The topological polar surface area (TPSA) is 174 Å². The van der Waals surface area contributed by atoms with Crippen molar-refractivity contribution in [1.29, 1.82) is 0 Å². The molecular weight excluding hydrogens is 254 g/mol. The Bertz CT molecular complexity index is 563. The van der Waals surface area contributed by atoms with Crippen molar-refractivity contribution >= 4 is 22.1 Å². The predicted molar refractivity (Wildman–Crippen MR) is 49.1 cm³/mol. The van der Waals surface area contributed by atoms with Gasteiger partial charge in [-0.3, -0.25) is 0 Å². The van der Waals surface area contributed by atoms with Crippen molar-refractivity contribution in [3.8, 4) is 0 Å². The van der Waals surface area contributed by atoms with Crippen LogP contribution in [0.25, 0.3) is 0 Å². The van der Waals surface area contributed by atoms with Crippen LogP contribution in [-0.2, 0) is 10.1 Å². The van der Waals surface area contributed by atoms with E-state index in [2.05, 4.69) is 0 Å². The molecule has 0 aliphatic heterocycles. The van der Waals surface area contributed by atoms with E-state index in [1.807, 2.05) is 0 Å². The van der Waals surface area contributed by atoms with Crippen LogP contribution in [0.2, 0.25) is 0 Å². The normalized spacial score (nSPS) is 10.4. The second-order valence-corrected chi connectivity index (χ2v) is 4.12. The molecule has 0 amide bonds. The van der Waals surface area contributed by atoms with E-state index in [-0.39, 0.29) is 6.15 Å². The molecule has 0 aliphatic rings. The molecule has 0 spiro atoms. The minimum absolute atomic E-state index is 0. The maximum absolute atomic E-state index is 10.6. The molecule has 0 fully saturated rings. The van der Waals surface area contributed by atoms with Gasteiger partial charge in [0.25, 0.3) is 0 Å². The van der Waals surface area contributed by atoms with Gasteiger partial charge in [-0.15, -0.1) is 0 Å². The van der Waals surface area contributed by atoms with Crippen molar-refractivity contribution in [2.24, 2.45) is 0 Å². The molecule has 0 aromatic heterocycles. The number of carbonyl (C=O) groups excluding carboxylic acids is 2. The molecule has 1 aromatic rings. The Morgan fingerprint density at radius 2 is 1.47 bits per heavy atom. The SMILES string of the molecule is O=C([O-])c1ccc(S(=O)(=O)[O-])cc1C(=O)[O-].[NH4+]. The van der Waals surface area contributed by atoms with Crippen LogP contribution in [-0.4, -0.2) is 24.9 Å². The number of carbonyl (C=O) groups is 2. The molecule has 4 N–H and O–H groups in total. The third-order valence-corrected chi connectivity index (χ3v) is 2.55. The van der Waals surface area contributed by atoms with Crippen molar-refractivity contribution in [2.45, 2.75) is 4.90 Å². The Morgan fingerprint density at radius 3 is 1.82 bits per heavy atom. The minimum Gasteiger partial charge on any atom is -0.744 e. The van der Waals surface area contributed by atoms with E-state index in [9.17, 15) is 32.8 Å². The average molecular weight is 261 g/mol. The van der Waals surface area contributed by atoms with Crippen LogP contribution in [0.1, 0.15) is 20.7 Å². The highest BCUT2D eigenvalue weighted by molar-refractivity contribution is 7.85. The van der Waals surface area contributed by atoms with Crippen molar-refractivity contribution in [2.75, 3.05) is 0 Å². The van der Waals surface area contributed by atoms with E-state index in [1.54, 1.807) is 0 Å². The fraction of sp³-hybridized carbons (Fsp3) is 0. The summed E-state index contributed by atoms with van der Waals surface area (Å²) in [5.41, 5.74) is -1.68. The lowest BCUT2D eigenvalue weighted by atomic mass is 10.1. The zero-order valence-corrected chi connectivity index (χ0v) is 9.31. The first kappa shape index (κ1) is 15.0. The van der Waals surface area contributed by atoms with Crippen molar-refractivity contribution in [3.63, 3.8) is 0 Å². The lowest BCUT2D eigenvalue weighted by Gasteiger charge is -2.14. The highest BCUT2D eigenvalue weighted by Gasteiger charge is 2.09. The summed E-state index contributed by atoms with van der Waals surface area (Å²) in [4.78, 5) is 20.1. The Hall–Kier alpha value is -1.97. The summed E-state index contributed by atoms with van der Waals surface area (Å²) in [5, 5.41) is 21.0. The molecule has 0 saturated heterocycles. The third-order valence-electron chi connectivity index (χ3n) is 1.72. The van der Waals surface area contributed by atoms with Crippen LogP contribution in [0.5, 0.6) is 0 Å². The Kier molecular flexibility index (Phi) is 4.34. The number of rotatable bonds is 3. The number of hydrogen-bond donors (Lipinski definition) is 1. The molecule has 0 saturated carbocycles. The summed E-state index contributed by atoms with van der Waals surface area (Å²) in [6.07, 6.45) is 0. The summed E-state index contributed by atoms with van der Waals surface area (Å²) in [6, 6.07) is 1.76. The summed E-state index contributed by atoms with van der Waals surface area (Å²) in [7, 11) is -4.86. The first-order valence-electron chi connectivity index (χ1n) is 3.76. The molecule has 0 aliphatic carbocycles. The van der Waals surface area contributed by atoms with Gasteiger partial charge in [-0.2, -0.15) is 0 Å². The maximum atomic E-state index is 10.6. The highest BCUT2D eigenvalue weighted by Crippen LogP contribution is 2.15. The van der Waals surface area contributed by atoms with E-state index in [0.29, 0.717) is 18.2 Å². The average Bonchev–Trinajstić information content (AvgIpc) is 2.15. The summed E-state index contributed by atoms with van der Waals surface area (Å²) >= 11 is 0. The summed E-state index contributed by atoms with van der Waals surface area (Å²) in [5.74, 6) is -3.72. The Labute approximate surface area is 95.8 Å². The molecule has 17 heavy (non-hydrogen) atoms. The van der Waals surface area contributed by atoms with Gasteiger partial charge in [-0.25, -0.2) is 8.42 Å². The van der Waals surface area contributed by atoms with E-state index in [4.69, 9.17) is 0 Å². The summed E-state index contributed by atoms with van der Waals surface area (Å²) < 4.78 is 31.7. The van der Waals surface area contributed by atoms with E-state index in [0.717, 1.165) is 0 Å². The van der Waals surface area contributed by atoms with Gasteiger partial charge in [-0.1, -0.05) is 6.07 Å². The van der Waals surface area contributed by atoms with E-state index >= 15 is 0 Å². The fourth-order valence-electron chi connectivity index (χ4n) is 1.03. The van der Waals surface area contributed by atoms with E-state index < -0.39 is 38.1 Å². The zero-order chi connectivity index (χ0) is 12.5. The van der Waals surface area contributed by atoms with Gasteiger partial charge in [0.1, 0.15) is 10.1 Å². The number of carboxylic acid groups (broad SMARTS) is 2. The van der Waals surface area contributed by atoms with Gasteiger partial charge < -0.3 is 30.5 Å². The molecule has 0 bridgehead atoms. The van der Waals surface area contributed by atoms with Crippen LogP contribution in [0.3, 0.4) is 0 Å². The van der Waals surface area contributed by atoms with Crippen molar-refractivity contribution in [3.05, 3.63) is 29.3 Å². The number of hydrogen-bond acceptors (Lipinski definition) is 7. The molecule has 1 aromatic carbocycles. The quantitative estimate of drug-likeness (QED) is 0.594. The molecular formula is C8H7NO7S-2. The minimum atomic E-state index is -4.86. The first-order chi connectivity index (χ1) is 7.23. The van der Waals surface area contributed by atoms with Gasteiger partial charge in [0.05, 0.1) is 16.8 Å². The second-order valence-electron chi connectivity index (χ2n) is 2.74. The van der Waals surface area contributed by atoms with E-state index in [1.165, 1.54) is 0 Å². The molecule has 0 radical (unpaired) electrons. The van der Waals surface area contributed by atoms with Crippen LogP contribution >= 0.6 is 0 Å². The lowest BCUT2D eigenvalue weighted by Crippen LogP contribution is -2.30. The van der Waals surface area contributed by atoms with Crippen molar-refractivity contribution < 1.29 is 32.8 Å². The Balaban J connectivity index is 0.00000256. The second kappa shape index (κ2) is 4.91. The largest absolute Gasteiger partial charge is 0.744 e. The smallest absolute Gasteiger partial charge is 0.124 e. The molecule has 0 atom stereocenters. The monoisotopic (exact) mass is 261 g/mol. The van der Waals surface area contributed by atoms with Crippen LogP contribution in [0, 0.1) is 0 Å². The van der Waals surface area contributed by atoms with Gasteiger partial charge in [0.15, 0.2) is 0 Å². The standard InChI is InChI=1S/C8H6O7S.H3N/c9-7(10)5-2-1-4(16(13,14)15)3-6(5)8(11)12;/h1-3H,(H,9,10)(H,11,12)(H,13,14,15);1H3/p-2. The fourth-order valence-corrected chi connectivity index (χ4v) is 1.52. The van der Waals surface area contributed by atoms with Crippen LogP contribution in [0.15, 0.2) is 23.1 Å². The third kappa shape index (κ3) is 3.24. The number of quaternary nitrogens is 1. The van der Waals surface area contributed by atoms with Gasteiger partial charge in [0.2, 0.25) is 0 Å². The molecule has 0 heterocycles. The zero-order valence-electron chi connectivity index (χ0n) is 8.50. The van der Waals surface area contributed by atoms with Gasteiger partial charge >= 0.3 is 0 Å². The van der Waals surface area contributed by atoms with Crippen LogP contribution in [0.4, 0.5) is 0 Å². The summed E-state index contributed by atoms with van der Waals surface area (Å²) in [6.45, 7) is 0. The molecule has 9 heteroatoms.